The van der Waals surface area contributed by atoms with E-state index in [-0.39, 0.29) is 11.4 Å². The lowest BCUT2D eigenvalue weighted by molar-refractivity contribution is -0.386. The molecule has 0 aliphatic rings. The predicted octanol–water partition coefficient (Wildman–Crippen LogP) is 3.84. The summed E-state index contributed by atoms with van der Waals surface area (Å²) in [5.74, 6) is 0.452. The number of halogens is 1. The quantitative estimate of drug-likeness (QED) is 0.635. The Morgan fingerprint density at radius 3 is 2.58 bits per heavy atom. The molecule has 0 heterocycles. The molecule has 1 aromatic carbocycles. The van der Waals surface area contributed by atoms with E-state index in [4.69, 9.17) is 4.74 Å². The summed E-state index contributed by atoms with van der Waals surface area (Å²) < 4.78 is 6.12. The number of hydrogen-bond acceptors (Lipinski definition) is 4. The van der Waals surface area contributed by atoms with Crippen LogP contribution in [-0.4, -0.2) is 16.6 Å². The number of nitro groups is 1. The van der Waals surface area contributed by atoms with E-state index >= 15 is 0 Å². The number of aliphatic hydroxyl groups excluding tert-OH is 1. The summed E-state index contributed by atoms with van der Waals surface area (Å²) in [4.78, 5) is 10.6. The van der Waals surface area contributed by atoms with E-state index < -0.39 is 11.0 Å². The molecule has 0 radical (unpaired) electrons. The lowest BCUT2D eigenvalue weighted by Crippen LogP contribution is -2.11. The first-order chi connectivity index (χ1) is 8.86. The smallest absolute Gasteiger partial charge is 0.312 e. The third kappa shape index (κ3) is 4.18. The van der Waals surface area contributed by atoms with Crippen LogP contribution in [0, 0.1) is 16.0 Å². The minimum Gasteiger partial charge on any atom is -0.486 e. The van der Waals surface area contributed by atoms with Gasteiger partial charge in [0.25, 0.3) is 0 Å². The number of nitro benzene ring substituents is 1. The summed E-state index contributed by atoms with van der Waals surface area (Å²) in [5, 5.41) is 20.8. The van der Waals surface area contributed by atoms with Crippen molar-refractivity contribution < 1.29 is 14.8 Å². The van der Waals surface area contributed by atoms with Gasteiger partial charge < -0.3 is 9.84 Å². The van der Waals surface area contributed by atoms with E-state index in [1.807, 2.05) is 13.8 Å². The second-order valence-electron chi connectivity index (χ2n) is 4.60. The third-order valence-corrected chi connectivity index (χ3v) is 3.38. The molecule has 1 rings (SSSR count). The van der Waals surface area contributed by atoms with Crippen molar-refractivity contribution in [1.29, 1.82) is 0 Å². The van der Waals surface area contributed by atoms with Gasteiger partial charge in [-0.15, -0.1) is 0 Å². The monoisotopic (exact) mass is 331 g/mol. The van der Waals surface area contributed by atoms with Gasteiger partial charge in [-0.3, -0.25) is 10.1 Å². The average Bonchev–Trinajstić information content (AvgIpc) is 2.35. The summed E-state index contributed by atoms with van der Waals surface area (Å²) in [6.45, 7) is 5.98. The molecule has 0 fully saturated rings. The first kappa shape index (κ1) is 15.9. The van der Waals surface area contributed by atoms with Crippen molar-refractivity contribution in [3.63, 3.8) is 0 Å². The van der Waals surface area contributed by atoms with Gasteiger partial charge in [-0.25, -0.2) is 0 Å². The van der Waals surface area contributed by atoms with Gasteiger partial charge in [0, 0.05) is 16.1 Å². The number of benzene rings is 1. The summed E-state index contributed by atoms with van der Waals surface area (Å²) in [5.41, 5.74) is 0.290. The van der Waals surface area contributed by atoms with Crippen LogP contribution >= 0.6 is 15.9 Å². The molecule has 0 bridgehead atoms. The van der Waals surface area contributed by atoms with Crippen molar-refractivity contribution in [1.82, 2.24) is 0 Å². The van der Waals surface area contributed by atoms with Gasteiger partial charge >= 0.3 is 5.69 Å². The Kier molecular flexibility index (Phi) is 5.75. The van der Waals surface area contributed by atoms with Gasteiger partial charge in [-0.1, -0.05) is 36.2 Å². The van der Waals surface area contributed by atoms with Crippen molar-refractivity contribution in [2.75, 3.05) is 6.61 Å². The molecule has 0 amide bonds. The van der Waals surface area contributed by atoms with Crippen molar-refractivity contribution >= 4 is 21.6 Å². The maximum atomic E-state index is 11.1. The molecule has 19 heavy (non-hydrogen) atoms. The molecular formula is C13H18BrNO4. The molecule has 0 saturated heterocycles. The molecule has 6 heteroatoms. The minimum absolute atomic E-state index is 0.131. The number of hydrogen-bond donors (Lipinski definition) is 1. The van der Waals surface area contributed by atoms with Crippen molar-refractivity contribution in [2.24, 2.45) is 5.92 Å². The molecule has 0 aromatic heterocycles. The lowest BCUT2D eigenvalue weighted by atomic mass is 10.1. The number of nitrogens with zero attached hydrogens (tertiary/aromatic N) is 1. The highest BCUT2D eigenvalue weighted by Gasteiger charge is 2.23. The molecular weight excluding hydrogens is 314 g/mol. The minimum atomic E-state index is -0.830. The van der Waals surface area contributed by atoms with Crippen LogP contribution in [0.2, 0.25) is 0 Å². The second kappa shape index (κ2) is 6.86. The Labute approximate surface area is 120 Å². The number of rotatable bonds is 6. The van der Waals surface area contributed by atoms with Gasteiger partial charge in [-0.2, -0.15) is 0 Å². The number of aliphatic hydroxyl groups is 1. The Morgan fingerprint density at radius 1 is 1.47 bits per heavy atom. The van der Waals surface area contributed by atoms with Crippen LogP contribution in [-0.2, 0) is 0 Å². The van der Waals surface area contributed by atoms with Gasteiger partial charge in [-0.05, 0) is 18.9 Å². The maximum Gasteiger partial charge on any atom is 0.312 e. The molecule has 0 aliphatic heterocycles. The Balaban J connectivity index is 3.19. The van der Waals surface area contributed by atoms with Crippen LogP contribution in [0.25, 0.3) is 0 Å². The van der Waals surface area contributed by atoms with E-state index in [1.54, 1.807) is 13.0 Å². The van der Waals surface area contributed by atoms with Crippen molar-refractivity contribution in [2.45, 2.75) is 33.3 Å². The van der Waals surface area contributed by atoms with Crippen LogP contribution in [0.5, 0.6) is 5.75 Å². The fourth-order valence-electron chi connectivity index (χ4n) is 1.55. The lowest BCUT2D eigenvalue weighted by Gasteiger charge is -2.16. The Morgan fingerprint density at radius 2 is 2.11 bits per heavy atom. The van der Waals surface area contributed by atoms with Gasteiger partial charge in [0.1, 0.15) is 0 Å². The summed E-state index contributed by atoms with van der Waals surface area (Å²) in [7, 11) is 0. The highest BCUT2D eigenvalue weighted by Crippen LogP contribution is 2.38. The topological polar surface area (TPSA) is 72.6 Å². The highest BCUT2D eigenvalue weighted by atomic mass is 79.9. The van der Waals surface area contributed by atoms with Crippen molar-refractivity contribution in [3.05, 3.63) is 32.3 Å². The first-order valence-electron chi connectivity index (χ1n) is 6.15. The Hall–Kier alpha value is -1.14. The molecule has 1 aromatic rings. The normalized spacial score (nSPS) is 13.9. The SMILES string of the molecule is CCC(C)COc1c(C(C)O)cc(Br)cc1[N+](=O)[O-]. The Bertz CT molecular complexity index is 462. The molecule has 1 N–H and O–H groups in total. The molecule has 2 atom stereocenters. The zero-order valence-electron chi connectivity index (χ0n) is 11.2. The molecule has 0 aliphatic carbocycles. The predicted molar refractivity (Wildman–Crippen MR) is 76.4 cm³/mol. The third-order valence-electron chi connectivity index (χ3n) is 2.92. The van der Waals surface area contributed by atoms with E-state index in [0.29, 0.717) is 22.6 Å². The zero-order chi connectivity index (χ0) is 14.6. The maximum absolute atomic E-state index is 11.1. The molecule has 0 spiro atoms. The first-order valence-corrected chi connectivity index (χ1v) is 6.94. The fourth-order valence-corrected chi connectivity index (χ4v) is 2.01. The second-order valence-corrected chi connectivity index (χ2v) is 5.52. The van der Waals surface area contributed by atoms with Crippen LogP contribution < -0.4 is 4.74 Å². The fraction of sp³-hybridized carbons (Fsp3) is 0.538. The van der Waals surface area contributed by atoms with Crippen LogP contribution in [0.1, 0.15) is 38.9 Å². The summed E-state index contributed by atoms with van der Waals surface area (Å²) >= 11 is 3.21. The van der Waals surface area contributed by atoms with Crippen molar-refractivity contribution in [3.8, 4) is 5.75 Å². The largest absolute Gasteiger partial charge is 0.486 e. The molecule has 106 valence electrons. The van der Waals surface area contributed by atoms with Gasteiger partial charge in [0.2, 0.25) is 5.75 Å². The van der Waals surface area contributed by atoms with Crippen LogP contribution in [0.4, 0.5) is 5.69 Å². The van der Waals surface area contributed by atoms with E-state index in [9.17, 15) is 15.2 Å². The van der Waals surface area contributed by atoms with Gasteiger partial charge in [0.05, 0.1) is 17.6 Å². The van der Waals surface area contributed by atoms with Crippen LogP contribution in [0.15, 0.2) is 16.6 Å². The van der Waals surface area contributed by atoms with Crippen LogP contribution in [0.3, 0.4) is 0 Å². The van der Waals surface area contributed by atoms with E-state index in [0.717, 1.165) is 6.42 Å². The standard InChI is InChI=1S/C13H18BrNO4/c1-4-8(2)7-19-13-11(9(3)16)5-10(14)6-12(13)15(17)18/h5-6,8-9,16H,4,7H2,1-3H3. The van der Waals surface area contributed by atoms with E-state index in [1.165, 1.54) is 6.07 Å². The molecule has 5 nitrogen and oxygen atoms in total. The molecule has 2 unspecified atom stereocenters. The average molecular weight is 332 g/mol. The van der Waals surface area contributed by atoms with Gasteiger partial charge in [0.15, 0.2) is 0 Å². The summed E-state index contributed by atoms with van der Waals surface area (Å²) in [6.07, 6.45) is 0.0945. The summed E-state index contributed by atoms with van der Waals surface area (Å²) in [6, 6.07) is 3.03. The number of ether oxygens (including phenoxy) is 1. The molecule has 0 saturated carbocycles. The zero-order valence-corrected chi connectivity index (χ0v) is 12.8. The highest BCUT2D eigenvalue weighted by molar-refractivity contribution is 9.10. The van der Waals surface area contributed by atoms with E-state index in [2.05, 4.69) is 15.9 Å².